The quantitative estimate of drug-likeness (QED) is 0.387. The van der Waals surface area contributed by atoms with E-state index in [9.17, 15) is 4.79 Å². The van der Waals surface area contributed by atoms with Crippen LogP contribution in [-0.2, 0) is 10.2 Å². The molecule has 0 amide bonds. The van der Waals surface area contributed by atoms with Gasteiger partial charge in [0.2, 0.25) is 0 Å². The van der Waals surface area contributed by atoms with Crippen molar-refractivity contribution in [3.8, 4) is 0 Å². The number of ether oxygens (including phenoxy) is 1. The summed E-state index contributed by atoms with van der Waals surface area (Å²) in [6.07, 6.45) is 0. The fourth-order valence-electron chi connectivity index (χ4n) is 3.54. The van der Waals surface area contributed by atoms with Crippen LogP contribution in [0.3, 0.4) is 0 Å². The molecule has 1 saturated heterocycles. The van der Waals surface area contributed by atoms with Gasteiger partial charge in [-0.3, -0.25) is 4.79 Å². The molecule has 2 heterocycles. The van der Waals surface area contributed by atoms with Crippen molar-refractivity contribution in [1.29, 1.82) is 0 Å². The zero-order valence-electron chi connectivity index (χ0n) is 17.7. The number of nitrogens with zero attached hydrogens (tertiary/aromatic N) is 3. The van der Waals surface area contributed by atoms with Gasteiger partial charge in [0.15, 0.2) is 11.7 Å². The van der Waals surface area contributed by atoms with E-state index in [2.05, 4.69) is 10.1 Å². The highest BCUT2D eigenvalue weighted by Gasteiger charge is 2.28. The Hall–Kier alpha value is -3.45. The van der Waals surface area contributed by atoms with Crippen LogP contribution in [0.25, 0.3) is 0 Å². The molecule has 0 unspecified atom stereocenters. The molecule has 31 heavy (non-hydrogen) atoms. The Balaban J connectivity index is 1.57. The summed E-state index contributed by atoms with van der Waals surface area (Å²) >= 11 is 0. The second kappa shape index (κ2) is 8.73. The lowest BCUT2D eigenvalue weighted by Gasteiger charge is -2.27. The number of hydrogen-bond acceptors (Lipinski definition) is 5. The largest absolute Gasteiger partial charge is 0.378 e. The van der Waals surface area contributed by atoms with Crippen LogP contribution in [0.2, 0.25) is 0 Å². The molecule has 0 spiro atoms. The van der Waals surface area contributed by atoms with E-state index in [-0.39, 0.29) is 5.78 Å². The fourth-order valence-corrected chi connectivity index (χ4v) is 3.54. The molecule has 1 aromatic heterocycles. The molecule has 2 aromatic carbocycles. The van der Waals surface area contributed by atoms with Crippen molar-refractivity contribution >= 4 is 17.6 Å². The van der Waals surface area contributed by atoms with E-state index < -0.39 is 5.41 Å². The fraction of sp³-hybridized carbons (Fsp3) is 0.292. The van der Waals surface area contributed by atoms with Crippen LogP contribution >= 0.6 is 0 Å². The summed E-state index contributed by atoms with van der Waals surface area (Å²) in [5.74, 6) is 0.727. The summed E-state index contributed by atoms with van der Waals surface area (Å²) in [5, 5.41) is 4.23. The van der Waals surface area contributed by atoms with Crippen molar-refractivity contribution in [2.75, 3.05) is 26.3 Å². The predicted molar refractivity (Wildman–Crippen MR) is 119 cm³/mol. The maximum Gasteiger partial charge on any atom is 0.253 e. The van der Waals surface area contributed by atoms with E-state index in [0.29, 0.717) is 55.0 Å². The average molecular weight is 418 g/mol. The number of carbonyl (C=O) groups is 1. The molecule has 7 heteroatoms. The molecule has 0 aliphatic carbocycles. The molecule has 2 N–H and O–H groups in total. The van der Waals surface area contributed by atoms with Crippen LogP contribution in [0.15, 0.2) is 70.2 Å². The maximum absolute atomic E-state index is 12.9. The molecule has 7 nitrogen and oxygen atoms in total. The first kappa shape index (κ1) is 20.8. The molecule has 3 aromatic rings. The molecule has 0 bridgehead atoms. The molecule has 0 atom stereocenters. The third kappa shape index (κ3) is 4.51. The monoisotopic (exact) mass is 418 g/mol. The molecule has 160 valence electrons. The Morgan fingerprint density at radius 3 is 2.48 bits per heavy atom. The zero-order chi connectivity index (χ0) is 21.8. The Morgan fingerprint density at radius 1 is 1.03 bits per heavy atom. The van der Waals surface area contributed by atoms with Gasteiger partial charge >= 0.3 is 0 Å². The highest BCUT2D eigenvalue weighted by atomic mass is 16.5. The number of aliphatic imine (C=N–C) groups is 1. The zero-order valence-corrected chi connectivity index (χ0v) is 17.7. The van der Waals surface area contributed by atoms with Gasteiger partial charge in [0.1, 0.15) is 0 Å². The third-order valence-corrected chi connectivity index (χ3v) is 5.58. The second-order valence-corrected chi connectivity index (χ2v) is 8.02. The lowest BCUT2D eigenvalue weighted by molar-refractivity contribution is 0.0675. The van der Waals surface area contributed by atoms with Crippen molar-refractivity contribution in [3.63, 3.8) is 0 Å². The van der Waals surface area contributed by atoms with Gasteiger partial charge in [-0.15, -0.1) is 0 Å². The number of aromatic nitrogens is 1. The topological polar surface area (TPSA) is 94.0 Å². The van der Waals surface area contributed by atoms with Gasteiger partial charge in [-0.05, 0) is 11.6 Å². The smallest absolute Gasteiger partial charge is 0.253 e. The Labute approximate surface area is 181 Å². The molecule has 0 saturated carbocycles. The molecular formula is C24H26N4O3. The first-order chi connectivity index (χ1) is 14.9. The van der Waals surface area contributed by atoms with Crippen LogP contribution in [-0.4, -0.2) is 48.1 Å². The minimum Gasteiger partial charge on any atom is -0.378 e. The van der Waals surface area contributed by atoms with Crippen LogP contribution in [0.1, 0.15) is 41.0 Å². The summed E-state index contributed by atoms with van der Waals surface area (Å²) in [6, 6.07) is 18.7. The number of benzene rings is 2. The lowest BCUT2D eigenvalue weighted by atomic mass is 9.80. The summed E-state index contributed by atoms with van der Waals surface area (Å²) in [4.78, 5) is 19.2. The maximum atomic E-state index is 12.9. The van der Waals surface area contributed by atoms with Crippen LogP contribution in [0.5, 0.6) is 0 Å². The molecule has 4 rings (SSSR count). The highest BCUT2D eigenvalue weighted by molar-refractivity contribution is 6.09. The number of ketones is 1. The predicted octanol–water partition coefficient (Wildman–Crippen LogP) is 3.51. The molecule has 1 fully saturated rings. The van der Waals surface area contributed by atoms with Crippen LogP contribution < -0.4 is 5.73 Å². The number of hydrogen-bond donors (Lipinski definition) is 1. The summed E-state index contributed by atoms with van der Waals surface area (Å²) < 4.78 is 10.8. The van der Waals surface area contributed by atoms with E-state index in [1.54, 1.807) is 6.07 Å². The summed E-state index contributed by atoms with van der Waals surface area (Å²) in [7, 11) is 0. The number of carbonyl (C=O) groups excluding carboxylic acids is 1. The highest BCUT2D eigenvalue weighted by Crippen LogP contribution is 2.33. The van der Waals surface area contributed by atoms with Crippen molar-refractivity contribution in [1.82, 2.24) is 10.1 Å². The van der Waals surface area contributed by atoms with Gasteiger partial charge in [0.05, 0.1) is 18.9 Å². The standard InChI is InChI=1S/C24H26N4O3/c1-24(2,19-10-6-9-18(15-19)22(29)17-7-4-3-5-8-17)20-16-21(31-27-20)26-23(25)28-11-13-30-14-12-28/h3-10,15-16H,11-14H2,1-2H3,(H2,25,26). The van der Waals surface area contributed by atoms with Gasteiger partial charge in [-0.1, -0.05) is 67.5 Å². The van der Waals surface area contributed by atoms with Crippen molar-refractivity contribution < 1.29 is 14.1 Å². The minimum atomic E-state index is -0.488. The van der Waals surface area contributed by atoms with Gasteiger partial charge in [0.25, 0.3) is 5.88 Å². The third-order valence-electron chi connectivity index (χ3n) is 5.58. The van der Waals surface area contributed by atoms with Crippen LogP contribution in [0.4, 0.5) is 5.88 Å². The van der Waals surface area contributed by atoms with Crippen molar-refractivity contribution in [2.45, 2.75) is 19.3 Å². The van der Waals surface area contributed by atoms with Gasteiger partial charge in [-0.2, -0.15) is 4.99 Å². The van der Waals surface area contributed by atoms with Crippen molar-refractivity contribution in [3.05, 3.63) is 83.0 Å². The van der Waals surface area contributed by atoms with E-state index in [1.807, 2.05) is 73.3 Å². The summed E-state index contributed by atoms with van der Waals surface area (Å²) in [5.41, 5.74) is 8.59. The molecular weight excluding hydrogens is 392 g/mol. The average Bonchev–Trinajstić information content (AvgIpc) is 3.29. The Morgan fingerprint density at radius 2 is 1.74 bits per heavy atom. The van der Waals surface area contributed by atoms with E-state index in [1.165, 1.54) is 0 Å². The van der Waals surface area contributed by atoms with E-state index in [4.69, 9.17) is 15.0 Å². The number of guanidine groups is 1. The van der Waals surface area contributed by atoms with Crippen molar-refractivity contribution in [2.24, 2.45) is 10.7 Å². The number of nitrogens with two attached hydrogens (primary N) is 1. The van der Waals surface area contributed by atoms with Crippen LogP contribution in [0, 0.1) is 0 Å². The molecule has 1 aliphatic heterocycles. The van der Waals surface area contributed by atoms with Gasteiger partial charge in [-0.25, -0.2) is 0 Å². The first-order valence-electron chi connectivity index (χ1n) is 10.3. The van der Waals surface area contributed by atoms with E-state index >= 15 is 0 Å². The van der Waals surface area contributed by atoms with Gasteiger partial charge < -0.3 is 19.9 Å². The normalized spacial score (nSPS) is 15.2. The van der Waals surface area contributed by atoms with Gasteiger partial charge in [0, 0.05) is 35.7 Å². The lowest BCUT2D eigenvalue weighted by Crippen LogP contribution is -2.44. The molecule has 0 radical (unpaired) electrons. The Bertz CT molecular complexity index is 1080. The number of morpholine rings is 1. The molecule has 1 aliphatic rings. The second-order valence-electron chi connectivity index (χ2n) is 8.02. The Kier molecular flexibility index (Phi) is 5.86. The SMILES string of the molecule is CC(C)(c1cccc(C(=O)c2ccccc2)c1)c1cc(/N=C(\N)N2CCOCC2)on1. The minimum absolute atomic E-state index is 0.0121. The number of rotatable bonds is 5. The van der Waals surface area contributed by atoms with E-state index in [0.717, 1.165) is 5.56 Å². The summed E-state index contributed by atoms with van der Waals surface area (Å²) in [6.45, 7) is 6.73. The first-order valence-corrected chi connectivity index (χ1v) is 10.3.